The van der Waals surface area contributed by atoms with Crippen molar-refractivity contribution in [3.05, 3.63) is 69.5 Å². The number of amides is 1. The molecule has 0 saturated carbocycles. The Kier molecular flexibility index (Phi) is 3.94. The fourth-order valence-electron chi connectivity index (χ4n) is 1.98. The summed E-state index contributed by atoms with van der Waals surface area (Å²) in [5, 5.41) is 3.49. The number of carbonyl (C=O) groups excluding carboxylic acids is 1. The minimum Gasteiger partial charge on any atom is -0.346 e. The molecule has 1 aromatic carbocycles. The van der Waals surface area contributed by atoms with E-state index in [0.717, 1.165) is 15.8 Å². The molecule has 1 amide bonds. The van der Waals surface area contributed by atoms with E-state index in [2.05, 4.69) is 26.2 Å². The zero-order valence-corrected chi connectivity index (χ0v) is 13.2. The van der Waals surface area contributed by atoms with Crippen molar-refractivity contribution < 1.29 is 4.79 Å². The van der Waals surface area contributed by atoms with Crippen LogP contribution in [0, 0.1) is 0 Å². The summed E-state index contributed by atoms with van der Waals surface area (Å²) < 4.78 is 2.78. The van der Waals surface area contributed by atoms with E-state index in [4.69, 9.17) is 11.6 Å². The van der Waals surface area contributed by atoms with Crippen LogP contribution >= 0.6 is 27.5 Å². The van der Waals surface area contributed by atoms with Crippen molar-refractivity contribution in [3.63, 3.8) is 0 Å². The van der Waals surface area contributed by atoms with Gasteiger partial charge >= 0.3 is 0 Å². The topological polar surface area (TPSA) is 46.4 Å². The maximum absolute atomic E-state index is 12.0. The molecule has 0 aliphatic heterocycles. The largest absolute Gasteiger partial charge is 0.346 e. The predicted molar refractivity (Wildman–Crippen MR) is 85.5 cm³/mol. The molecule has 2 heterocycles. The number of hydrogen-bond donors (Lipinski definition) is 1. The average Bonchev–Trinajstić information content (AvgIpc) is 2.87. The molecule has 0 atom stereocenters. The van der Waals surface area contributed by atoms with Gasteiger partial charge < -0.3 is 9.72 Å². The van der Waals surface area contributed by atoms with Crippen LogP contribution in [0.1, 0.15) is 16.1 Å². The smallest absolute Gasteiger partial charge is 0.251 e. The van der Waals surface area contributed by atoms with Crippen LogP contribution in [0.3, 0.4) is 0 Å². The van der Waals surface area contributed by atoms with Crippen molar-refractivity contribution in [2.24, 2.45) is 0 Å². The van der Waals surface area contributed by atoms with E-state index in [1.165, 1.54) is 0 Å². The summed E-state index contributed by atoms with van der Waals surface area (Å²) in [6.07, 6.45) is 3.63. The number of imidazole rings is 1. The summed E-state index contributed by atoms with van der Waals surface area (Å²) >= 11 is 9.27. The zero-order chi connectivity index (χ0) is 14.8. The van der Waals surface area contributed by atoms with Crippen LogP contribution in [0.25, 0.3) is 5.65 Å². The summed E-state index contributed by atoms with van der Waals surface area (Å²) in [6, 6.07) is 10.8. The summed E-state index contributed by atoms with van der Waals surface area (Å²) in [5.74, 6) is -0.127. The van der Waals surface area contributed by atoms with Crippen LogP contribution in [0.15, 0.2) is 53.3 Å². The summed E-state index contributed by atoms with van der Waals surface area (Å²) in [7, 11) is 0. The summed E-state index contributed by atoms with van der Waals surface area (Å²) in [5.41, 5.74) is 2.19. The number of nitrogens with one attached hydrogen (secondary N) is 1. The molecule has 0 bridgehead atoms. The Morgan fingerprint density at radius 3 is 2.71 bits per heavy atom. The Hall–Kier alpha value is -1.85. The van der Waals surface area contributed by atoms with E-state index >= 15 is 0 Å². The quantitative estimate of drug-likeness (QED) is 0.770. The molecule has 106 valence electrons. The fourth-order valence-corrected chi connectivity index (χ4v) is 2.41. The van der Waals surface area contributed by atoms with E-state index < -0.39 is 0 Å². The third-order valence-electron chi connectivity index (χ3n) is 3.00. The molecule has 0 aliphatic carbocycles. The van der Waals surface area contributed by atoms with Gasteiger partial charge in [0.15, 0.2) is 0 Å². The Morgan fingerprint density at radius 2 is 1.95 bits per heavy atom. The Morgan fingerprint density at radius 1 is 1.19 bits per heavy atom. The van der Waals surface area contributed by atoms with Crippen LogP contribution in [-0.2, 0) is 6.54 Å². The number of hydrogen-bond acceptors (Lipinski definition) is 2. The lowest BCUT2D eigenvalue weighted by Gasteiger charge is -2.03. The molecule has 0 saturated heterocycles. The lowest BCUT2D eigenvalue weighted by atomic mass is 10.2. The molecule has 0 spiro atoms. The van der Waals surface area contributed by atoms with Crippen molar-refractivity contribution >= 4 is 39.1 Å². The first-order valence-corrected chi connectivity index (χ1v) is 7.46. The molecular weight excluding hydrogens is 354 g/mol. The van der Waals surface area contributed by atoms with Gasteiger partial charge in [-0.15, -0.1) is 0 Å². The van der Waals surface area contributed by atoms with Gasteiger partial charge in [-0.2, -0.15) is 0 Å². The molecule has 3 rings (SSSR count). The Labute approximate surface area is 134 Å². The number of pyridine rings is 1. The van der Waals surface area contributed by atoms with Crippen LogP contribution in [0.5, 0.6) is 0 Å². The van der Waals surface area contributed by atoms with Gasteiger partial charge in [0.2, 0.25) is 0 Å². The normalized spacial score (nSPS) is 10.8. The highest BCUT2D eigenvalue weighted by Gasteiger charge is 2.07. The van der Waals surface area contributed by atoms with E-state index in [1.54, 1.807) is 24.4 Å². The predicted octanol–water partition coefficient (Wildman–Crippen LogP) is 3.68. The second-order valence-electron chi connectivity index (χ2n) is 4.53. The second kappa shape index (κ2) is 5.87. The second-order valence-corrected chi connectivity index (χ2v) is 5.89. The van der Waals surface area contributed by atoms with Crippen LogP contribution in [-0.4, -0.2) is 15.3 Å². The van der Waals surface area contributed by atoms with E-state index in [0.29, 0.717) is 17.1 Å². The zero-order valence-electron chi connectivity index (χ0n) is 10.9. The van der Waals surface area contributed by atoms with Gasteiger partial charge in [0.25, 0.3) is 5.91 Å². The van der Waals surface area contributed by atoms with Crippen LogP contribution < -0.4 is 5.32 Å². The van der Waals surface area contributed by atoms with Crippen molar-refractivity contribution in [3.8, 4) is 0 Å². The Bertz CT molecular complexity index is 798. The van der Waals surface area contributed by atoms with Gasteiger partial charge in [0.05, 0.1) is 17.3 Å². The molecule has 1 N–H and O–H groups in total. The first-order valence-electron chi connectivity index (χ1n) is 6.29. The third-order valence-corrected chi connectivity index (χ3v) is 3.75. The number of benzene rings is 1. The van der Waals surface area contributed by atoms with Crippen molar-refractivity contribution in [2.45, 2.75) is 6.54 Å². The van der Waals surface area contributed by atoms with Crippen molar-refractivity contribution in [1.29, 1.82) is 0 Å². The van der Waals surface area contributed by atoms with E-state index in [-0.39, 0.29) is 5.91 Å². The first-order chi connectivity index (χ1) is 10.1. The van der Waals surface area contributed by atoms with Gasteiger partial charge in [-0.3, -0.25) is 4.79 Å². The van der Waals surface area contributed by atoms with Gasteiger partial charge in [-0.05, 0) is 36.4 Å². The highest BCUT2D eigenvalue weighted by Crippen LogP contribution is 2.12. The number of fused-ring (bicyclic) bond motifs is 1. The number of aromatic nitrogens is 2. The highest BCUT2D eigenvalue weighted by molar-refractivity contribution is 9.10. The van der Waals surface area contributed by atoms with Gasteiger partial charge in [-0.25, -0.2) is 4.98 Å². The molecule has 21 heavy (non-hydrogen) atoms. The van der Waals surface area contributed by atoms with Gasteiger partial charge in [0, 0.05) is 22.4 Å². The summed E-state index contributed by atoms with van der Waals surface area (Å²) in [4.78, 5) is 16.4. The summed E-state index contributed by atoms with van der Waals surface area (Å²) in [6.45, 7) is 0.369. The number of nitrogens with zero attached hydrogens (tertiary/aromatic N) is 2. The lowest BCUT2D eigenvalue weighted by molar-refractivity contribution is 0.0950. The first kappa shape index (κ1) is 14.1. The van der Waals surface area contributed by atoms with Crippen molar-refractivity contribution in [2.75, 3.05) is 0 Å². The fraction of sp³-hybridized carbons (Fsp3) is 0.0667. The van der Waals surface area contributed by atoms with E-state index in [9.17, 15) is 4.79 Å². The molecule has 0 fully saturated rings. The number of halogens is 2. The van der Waals surface area contributed by atoms with Crippen molar-refractivity contribution in [1.82, 2.24) is 14.7 Å². The van der Waals surface area contributed by atoms with Crippen LogP contribution in [0.4, 0.5) is 0 Å². The maximum atomic E-state index is 12.0. The number of carbonyl (C=O) groups is 1. The number of rotatable bonds is 3. The van der Waals surface area contributed by atoms with Crippen LogP contribution in [0.2, 0.25) is 5.02 Å². The third kappa shape index (κ3) is 3.25. The molecule has 3 aromatic rings. The monoisotopic (exact) mass is 363 g/mol. The molecule has 0 aliphatic rings. The molecular formula is C15H11BrClN3O. The molecule has 6 heteroatoms. The minimum atomic E-state index is -0.127. The molecule has 0 unspecified atom stereocenters. The molecule has 4 nitrogen and oxygen atoms in total. The molecule has 0 radical (unpaired) electrons. The standard InChI is InChI=1S/C15H11BrClN3O/c16-11-3-1-10(2-4-11)15(21)18-7-13-9-20-8-12(17)5-6-14(20)19-13/h1-6,8-9H,7H2,(H,18,21). The highest BCUT2D eigenvalue weighted by atomic mass is 79.9. The van der Waals surface area contributed by atoms with E-state index in [1.807, 2.05) is 28.8 Å². The Balaban J connectivity index is 1.71. The lowest BCUT2D eigenvalue weighted by Crippen LogP contribution is -2.22. The SMILES string of the molecule is O=C(NCc1cn2cc(Cl)ccc2n1)c1ccc(Br)cc1. The molecule has 2 aromatic heterocycles. The van der Waals surface area contributed by atoms with Gasteiger partial charge in [0.1, 0.15) is 5.65 Å². The average molecular weight is 365 g/mol. The minimum absolute atomic E-state index is 0.127. The van der Waals surface area contributed by atoms with Gasteiger partial charge in [-0.1, -0.05) is 27.5 Å². The maximum Gasteiger partial charge on any atom is 0.251 e.